The fourth-order valence-electron chi connectivity index (χ4n) is 2.91. The molecule has 0 saturated carbocycles. The Morgan fingerprint density at radius 2 is 1.70 bits per heavy atom. The highest BCUT2D eigenvalue weighted by Crippen LogP contribution is 2.37. The molecule has 0 spiro atoms. The molecular weight excluding hydrogens is 418 g/mol. The summed E-state index contributed by atoms with van der Waals surface area (Å²) in [6.45, 7) is 5.45. The Morgan fingerprint density at radius 3 is 2.33 bits per heavy atom. The standard InChI is InChI=1S/C24H24ClNO3S/c1-24(2,3)29-23(28)21-19(15-30-22(21)17-10-12-18(25)13-11-17)26-20(27)14-9-16-7-5-4-6-8-16/h4-8,10-13,15H,9,14H2,1-3H3,(H,26,27). The van der Waals surface area contributed by atoms with Gasteiger partial charge in [-0.15, -0.1) is 11.3 Å². The maximum absolute atomic E-state index is 13.0. The number of halogens is 1. The second-order valence-corrected chi connectivity index (χ2v) is 9.21. The molecular formula is C24H24ClNO3S. The maximum Gasteiger partial charge on any atom is 0.342 e. The number of carbonyl (C=O) groups excluding carboxylic acids is 2. The predicted molar refractivity (Wildman–Crippen MR) is 123 cm³/mol. The third kappa shape index (κ3) is 5.94. The summed E-state index contributed by atoms with van der Waals surface area (Å²) in [5, 5.41) is 5.29. The topological polar surface area (TPSA) is 55.4 Å². The lowest BCUT2D eigenvalue weighted by Gasteiger charge is -2.20. The number of ether oxygens (including phenoxy) is 1. The average Bonchev–Trinajstić information content (AvgIpc) is 3.10. The number of benzene rings is 2. The molecule has 0 radical (unpaired) electrons. The van der Waals surface area contributed by atoms with Gasteiger partial charge in [0.15, 0.2) is 0 Å². The van der Waals surface area contributed by atoms with Crippen molar-refractivity contribution in [3.05, 3.63) is 76.1 Å². The third-order valence-electron chi connectivity index (χ3n) is 4.26. The molecule has 0 bridgehead atoms. The number of hydrogen-bond donors (Lipinski definition) is 1. The van der Waals surface area contributed by atoms with E-state index in [1.165, 1.54) is 11.3 Å². The molecule has 0 aliphatic carbocycles. The zero-order valence-electron chi connectivity index (χ0n) is 17.2. The van der Waals surface area contributed by atoms with Crippen LogP contribution in [0.15, 0.2) is 60.0 Å². The first-order chi connectivity index (χ1) is 14.2. The highest BCUT2D eigenvalue weighted by Gasteiger charge is 2.26. The Bertz CT molecular complexity index is 1020. The van der Waals surface area contributed by atoms with E-state index in [9.17, 15) is 9.59 Å². The largest absolute Gasteiger partial charge is 0.456 e. The molecule has 3 rings (SSSR count). The van der Waals surface area contributed by atoms with Crippen LogP contribution in [0.1, 0.15) is 43.1 Å². The van der Waals surface area contributed by atoms with Crippen molar-refractivity contribution >= 4 is 40.5 Å². The molecule has 4 nitrogen and oxygen atoms in total. The molecule has 6 heteroatoms. The summed E-state index contributed by atoms with van der Waals surface area (Å²) in [7, 11) is 0. The van der Waals surface area contributed by atoms with Crippen molar-refractivity contribution in [1.29, 1.82) is 0 Å². The fraction of sp³-hybridized carbons (Fsp3) is 0.250. The number of rotatable bonds is 6. The number of esters is 1. The highest BCUT2D eigenvalue weighted by atomic mass is 35.5. The normalized spacial score (nSPS) is 11.2. The Kier molecular flexibility index (Phi) is 6.95. The molecule has 30 heavy (non-hydrogen) atoms. The van der Waals surface area contributed by atoms with Gasteiger partial charge >= 0.3 is 5.97 Å². The molecule has 1 aromatic heterocycles. The molecule has 156 valence electrons. The molecule has 3 aromatic rings. The van der Waals surface area contributed by atoms with Crippen LogP contribution in [0.4, 0.5) is 5.69 Å². The number of anilines is 1. The van der Waals surface area contributed by atoms with Crippen LogP contribution in [0.2, 0.25) is 5.02 Å². The first-order valence-corrected chi connectivity index (χ1v) is 10.9. The van der Waals surface area contributed by atoms with Crippen LogP contribution >= 0.6 is 22.9 Å². The van der Waals surface area contributed by atoms with Gasteiger partial charge in [0, 0.05) is 16.8 Å². The summed E-state index contributed by atoms with van der Waals surface area (Å²) in [5.74, 6) is -0.615. The molecule has 2 aromatic carbocycles. The van der Waals surface area contributed by atoms with E-state index in [1.807, 2.05) is 63.2 Å². The predicted octanol–water partition coefficient (Wildman–Crippen LogP) is 6.60. The van der Waals surface area contributed by atoms with Gasteiger partial charge in [0.25, 0.3) is 0 Å². The van der Waals surface area contributed by atoms with Crippen LogP contribution in [-0.4, -0.2) is 17.5 Å². The number of aryl methyl sites for hydroxylation is 1. The van der Waals surface area contributed by atoms with E-state index in [4.69, 9.17) is 16.3 Å². The summed E-state index contributed by atoms with van der Waals surface area (Å²) >= 11 is 7.39. The number of hydrogen-bond acceptors (Lipinski definition) is 4. The van der Waals surface area contributed by atoms with E-state index in [0.717, 1.165) is 16.0 Å². The van der Waals surface area contributed by atoms with Gasteiger partial charge in [-0.25, -0.2) is 4.79 Å². The zero-order chi connectivity index (χ0) is 21.7. The van der Waals surface area contributed by atoms with Gasteiger partial charge in [-0.1, -0.05) is 54.1 Å². The lowest BCUT2D eigenvalue weighted by molar-refractivity contribution is -0.116. The molecule has 0 aliphatic heterocycles. The minimum absolute atomic E-state index is 0.149. The summed E-state index contributed by atoms with van der Waals surface area (Å²) in [6.07, 6.45) is 0.951. The fourth-order valence-corrected chi connectivity index (χ4v) is 4.03. The quantitative estimate of drug-likeness (QED) is 0.438. The Balaban J connectivity index is 1.85. The Labute approximate surface area is 185 Å². The van der Waals surface area contributed by atoms with Crippen molar-refractivity contribution in [3.8, 4) is 10.4 Å². The van der Waals surface area contributed by atoms with Crippen LogP contribution in [-0.2, 0) is 16.0 Å². The van der Waals surface area contributed by atoms with Crippen molar-refractivity contribution in [2.45, 2.75) is 39.2 Å². The Morgan fingerprint density at radius 1 is 1.03 bits per heavy atom. The number of nitrogens with one attached hydrogen (secondary N) is 1. The van der Waals surface area contributed by atoms with Crippen LogP contribution in [0.3, 0.4) is 0 Å². The molecule has 1 heterocycles. The van der Waals surface area contributed by atoms with Gasteiger partial charge in [-0.2, -0.15) is 0 Å². The minimum atomic E-state index is -0.648. The highest BCUT2D eigenvalue weighted by molar-refractivity contribution is 7.14. The van der Waals surface area contributed by atoms with Gasteiger partial charge in [0.2, 0.25) is 5.91 Å². The van der Waals surface area contributed by atoms with E-state index < -0.39 is 11.6 Å². The van der Waals surface area contributed by atoms with E-state index in [1.54, 1.807) is 17.5 Å². The molecule has 1 amide bonds. The minimum Gasteiger partial charge on any atom is -0.456 e. The van der Waals surface area contributed by atoms with E-state index in [2.05, 4.69) is 5.32 Å². The van der Waals surface area contributed by atoms with Gasteiger partial charge in [0.05, 0.1) is 10.6 Å². The number of thiophene rings is 1. The Hall–Kier alpha value is -2.63. The second kappa shape index (κ2) is 9.45. The van der Waals surface area contributed by atoms with E-state index in [-0.39, 0.29) is 5.91 Å². The first kappa shape index (κ1) is 22.1. The average molecular weight is 442 g/mol. The van der Waals surface area contributed by atoms with Crippen LogP contribution in [0.5, 0.6) is 0 Å². The van der Waals surface area contributed by atoms with Crippen molar-refractivity contribution in [1.82, 2.24) is 0 Å². The molecule has 0 unspecified atom stereocenters. The SMILES string of the molecule is CC(C)(C)OC(=O)c1c(NC(=O)CCc2ccccc2)csc1-c1ccc(Cl)cc1. The molecule has 1 N–H and O–H groups in total. The number of amides is 1. The van der Waals surface area contributed by atoms with Crippen LogP contribution in [0, 0.1) is 0 Å². The summed E-state index contributed by atoms with van der Waals surface area (Å²) < 4.78 is 5.61. The molecule has 0 aliphatic rings. The monoisotopic (exact) mass is 441 g/mol. The smallest absolute Gasteiger partial charge is 0.342 e. The molecule has 0 saturated heterocycles. The van der Waals surface area contributed by atoms with Crippen molar-refractivity contribution in [3.63, 3.8) is 0 Å². The second-order valence-electron chi connectivity index (χ2n) is 7.90. The lowest BCUT2D eigenvalue weighted by Crippen LogP contribution is -2.25. The van der Waals surface area contributed by atoms with Crippen molar-refractivity contribution in [2.75, 3.05) is 5.32 Å². The van der Waals surface area contributed by atoms with E-state index >= 15 is 0 Å². The molecule has 0 atom stereocenters. The van der Waals surface area contributed by atoms with Crippen molar-refractivity contribution < 1.29 is 14.3 Å². The molecule has 0 fully saturated rings. The van der Waals surface area contributed by atoms with Gasteiger partial charge in [-0.3, -0.25) is 4.79 Å². The zero-order valence-corrected chi connectivity index (χ0v) is 18.8. The lowest BCUT2D eigenvalue weighted by atomic mass is 10.1. The van der Waals surface area contributed by atoms with E-state index in [0.29, 0.717) is 29.1 Å². The summed E-state index contributed by atoms with van der Waals surface area (Å²) in [5.41, 5.74) is 2.12. The third-order valence-corrected chi connectivity index (χ3v) is 5.54. The van der Waals surface area contributed by atoms with Crippen LogP contribution in [0.25, 0.3) is 10.4 Å². The number of carbonyl (C=O) groups is 2. The van der Waals surface area contributed by atoms with Crippen LogP contribution < -0.4 is 5.32 Å². The van der Waals surface area contributed by atoms with Gasteiger partial charge in [-0.05, 0) is 50.5 Å². The maximum atomic E-state index is 13.0. The first-order valence-electron chi connectivity index (χ1n) is 9.67. The van der Waals surface area contributed by atoms with Gasteiger partial charge < -0.3 is 10.1 Å². The summed E-state index contributed by atoms with van der Waals surface area (Å²) in [4.78, 5) is 26.3. The summed E-state index contributed by atoms with van der Waals surface area (Å²) in [6, 6.07) is 17.1. The van der Waals surface area contributed by atoms with Crippen molar-refractivity contribution in [2.24, 2.45) is 0 Å². The van der Waals surface area contributed by atoms with Gasteiger partial charge in [0.1, 0.15) is 11.2 Å².